The van der Waals surface area contributed by atoms with Gasteiger partial charge in [-0.15, -0.1) is 0 Å². The second kappa shape index (κ2) is 7.32. The Balaban J connectivity index is 1.84. The first kappa shape index (κ1) is 14.9. The van der Waals surface area contributed by atoms with Gasteiger partial charge in [0.2, 0.25) is 5.91 Å². The van der Waals surface area contributed by atoms with Crippen molar-refractivity contribution in [3.05, 3.63) is 29.8 Å². The van der Waals surface area contributed by atoms with Gasteiger partial charge in [-0.05, 0) is 43.2 Å². The van der Waals surface area contributed by atoms with Crippen LogP contribution in [0.5, 0.6) is 0 Å². The molecule has 1 aromatic rings. The number of nitrogen functional groups attached to an aromatic ring is 1. The Labute approximate surface area is 122 Å². The molecule has 1 amide bonds. The van der Waals surface area contributed by atoms with Crippen LogP contribution in [0, 0.1) is 5.92 Å². The summed E-state index contributed by atoms with van der Waals surface area (Å²) >= 11 is 0. The summed E-state index contributed by atoms with van der Waals surface area (Å²) in [5, 5.41) is 0. The van der Waals surface area contributed by atoms with E-state index >= 15 is 0 Å². The summed E-state index contributed by atoms with van der Waals surface area (Å²) in [7, 11) is 0. The van der Waals surface area contributed by atoms with Crippen LogP contribution in [0.25, 0.3) is 0 Å². The van der Waals surface area contributed by atoms with Crippen molar-refractivity contribution in [1.29, 1.82) is 0 Å². The molecule has 0 aliphatic carbocycles. The summed E-state index contributed by atoms with van der Waals surface area (Å²) in [5.41, 5.74) is 7.80. The number of amides is 1. The molecule has 20 heavy (non-hydrogen) atoms. The second-order valence-corrected chi connectivity index (χ2v) is 5.78. The Hall–Kier alpha value is -1.51. The van der Waals surface area contributed by atoms with Gasteiger partial charge >= 0.3 is 0 Å². The first-order valence-electron chi connectivity index (χ1n) is 7.82. The molecule has 1 unspecified atom stereocenters. The lowest BCUT2D eigenvalue weighted by Crippen LogP contribution is -2.32. The van der Waals surface area contributed by atoms with Gasteiger partial charge in [0.15, 0.2) is 0 Å². The van der Waals surface area contributed by atoms with Crippen LogP contribution in [-0.2, 0) is 11.2 Å². The predicted octanol–water partition coefficient (Wildman–Crippen LogP) is 3.24. The molecule has 1 aliphatic rings. The number of carbonyl (C=O) groups excluding carboxylic acids is 1. The number of likely N-dealkylation sites (tertiary alicyclic amines) is 1. The maximum atomic E-state index is 12.3. The van der Waals surface area contributed by atoms with Gasteiger partial charge in [-0.3, -0.25) is 4.79 Å². The molecule has 1 atom stereocenters. The molecule has 1 heterocycles. The Bertz CT molecular complexity index is 444. The fourth-order valence-corrected chi connectivity index (χ4v) is 2.98. The fourth-order valence-electron chi connectivity index (χ4n) is 2.98. The molecule has 3 heteroatoms. The topological polar surface area (TPSA) is 46.3 Å². The molecule has 1 saturated heterocycles. The summed E-state index contributed by atoms with van der Waals surface area (Å²) in [6.45, 7) is 4.11. The largest absolute Gasteiger partial charge is 0.399 e. The number of nitrogens with two attached hydrogens (primary N) is 1. The van der Waals surface area contributed by atoms with Crippen molar-refractivity contribution >= 4 is 11.6 Å². The summed E-state index contributed by atoms with van der Waals surface area (Å²) < 4.78 is 0. The molecule has 0 radical (unpaired) electrons. The number of carbonyl (C=O) groups is 1. The van der Waals surface area contributed by atoms with Crippen LogP contribution in [0.15, 0.2) is 24.3 Å². The molecule has 1 aliphatic heterocycles. The van der Waals surface area contributed by atoms with Crippen LogP contribution in [0.3, 0.4) is 0 Å². The molecule has 0 aromatic heterocycles. The van der Waals surface area contributed by atoms with E-state index in [2.05, 4.69) is 11.8 Å². The van der Waals surface area contributed by atoms with Crippen molar-refractivity contribution in [3.63, 3.8) is 0 Å². The first-order chi connectivity index (χ1) is 9.70. The molecule has 2 N–H and O–H groups in total. The summed E-state index contributed by atoms with van der Waals surface area (Å²) in [6.07, 6.45) is 6.14. The van der Waals surface area contributed by atoms with E-state index in [9.17, 15) is 4.79 Å². The molecule has 0 bridgehead atoms. The van der Waals surface area contributed by atoms with Gasteiger partial charge < -0.3 is 10.6 Å². The van der Waals surface area contributed by atoms with Crippen LogP contribution in [0.1, 0.15) is 44.6 Å². The molecule has 3 nitrogen and oxygen atoms in total. The number of hydrogen-bond acceptors (Lipinski definition) is 2. The third-order valence-corrected chi connectivity index (χ3v) is 4.44. The van der Waals surface area contributed by atoms with Gasteiger partial charge in [0.05, 0.1) is 0 Å². The molecular weight excluding hydrogens is 248 g/mol. The fraction of sp³-hybridized carbons (Fsp3) is 0.588. The summed E-state index contributed by atoms with van der Waals surface area (Å²) in [6, 6.07) is 7.82. The lowest BCUT2D eigenvalue weighted by atomic mass is 9.98. The Kier molecular flexibility index (Phi) is 5.45. The minimum absolute atomic E-state index is 0.282. The van der Waals surface area contributed by atoms with Gasteiger partial charge in [-0.1, -0.05) is 31.5 Å². The minimum Gasteiger partial charge on any atom is -0.399 e. The van der Waals surface area contributed by atoms with Crippen LogP contribution >= 0.6 is 0 Å². The summed E-state index contributed by atoms with van der Waals surface area (Å²) in [4.78, 5) is 14.4. The zero-order chi connectivity index (χ0) is 14.4. The van der Waals surface area contributed by atoms with Crippen molar-refractivity contribution in [2.45, 2.75) is 45.4 Å². The van der Waals surface area contributed by atoms with E-state index in [1.54, 1.807) is 0 Å². The van der Waals surface area contributed by atoms with Crippen LogP contribution in [-0.4, -0.2) is 23.9 Å². The van der Waals surface area contributed by atoms with E-state index in [1.807, 2.05) is 24.3 Å². The van der Waals surface area contributed by atoms with Crippen LogP contribution in [0.4, 0.5) is 5.69 Å². The quantitative estimate of drug-likeness (QED) is 0.857. The highest BCUT2D eigenvalue weighted by Crippen LogP contribution is 2.21. The molecule has 1 aromatic carbocycles. The number of nitrogens with zero attached hydrogens (tertiary/aromatic N) is 1. The average Bonchev–Trinajstić information content (AvgIpc) is 2.71. The summed E-state index contributed by atoms with van der Waals surface area (Å²) in [5.74, 6) is 1.09. The maximum absolute atomic E-state index is 12.3. The van der Waals surface area contributed by atoms with Crippen molar-refractivity contribution in [3.8, 4) is 0 Å². The van der Waals surface area contributed by atoms with E-state index < -0.39 is 0 Å². The van der Waals surface area contributed by atoms with Gasteiger partial charge in [0.25, 0.3) is 0 Å². The van der Waals surface area contributed by atoms with Crippen molar-refractivity contribution < 1.29 is 4.79 Å². The molecule has 0 saturated carbocycles. The zero-order valence-corrected chi connectivity index (χ0v) is 12.5. The molecule has 110 valence electrons. The van der Waals surface area contributed by atoms with Crippen LogP contribution < -0.4 is 5.73 Å². The Morgan fingerprint density at radius 1 is 1.30 bits per heavy atom. The SMILES string of the molecule is CCC1CCCN(C(=O)CCc2ccccc2N)CC1. The highest BCUT2D eigenvalue weighted by molar-refractivity contribution is 5.76. The van der Waals surface area contributed by atoms with Gasteiger partial charge in [-0.25, -0.2) is 0 Å². The number of aryl methyl sites for hydroxylation is 1. The van der Waals surface area contributed by atoms with E-state index in [0.717, 1.165) is 49.5 Å². The standard InChI is InChI=1S/C17H26N2O/c1-2-14-6-5-12-19(13-11-14)17(20)10-9-15-7-3-4-8-16(15)18/h3-4,7-8,14H,2,5-6,9-13,18H2,1H3. The Morgan fingerprint density at radius 2 is 2.10 bits per heavy atom. The maximum Gasteiger partial charge on any atom is 0.222 e. The number of benzene rings is 1. The highest BCUT2D eigenvalue weighted by atomic mass is 16.2. The number of hydrogen-bond donors (Lipinski definition) is 1. The van der Waals surface area contributed by atoms with Crippen LogP contribution in [0.2, 0.25) is 0 Å². The number of anilines is 1. The average molecular weight is 274 g/mol. The zero-order valence-electron chi connectivity index (χ0n) is 12.5. The van der Waals surface area contributed by atoms with E-state index in [1.165, 1.54) is 12.8 Å². The number of para-hydroxylation sites is 1. The third-order valence-electron chi connectivity index (χ3n) is 4.44. The predicted molar refractivity (Wildman–Crippen MR) is 83.4 cm³/mol. The lowest BCUT2D eigenvalue weighted by molar-refractivity contribution is -0.131. The van der Waals surface area contributed by atoms with Crippen molar-refractivity contribution in [1.82, 2.24) is 4.90 Å². The van der Waals surface area contributed by atoms with E-state index in [-0.39, 0.29) is 5.91 Å². The minimum atomic E-state index is 0.282. The first-order valence-corrected chi connectivity index (χ1v) is 7.82. The second-order valence-electron chi connectivity index (χ2n) is 5.78. The number of rotatable bonds is 4. The van der Waals surface area contributed by atoms with E-state index in [0.29, 0.717) is 6.42 Å². The molecule has 0 spiro atoms. The molecule has 1 fully saturated rings. The normalized spacial score (nSPS) is 19.6. The van der Waals surface area contributed by atoms with E-state index in [4.69, 9.17) is 5.73 Å². The van der Waals surface area contributed by atoms with Crippen molar-refractivity contribution in [2.75, 3.05) is 18.8 Å². The van der Waals surface area contributed by atoms with Gasteiger partial charge in [-0.2, -0.15) is 0 Å². The lowest BCUT2D eigenvalue weighted by Gasteiger charge is -2.20. The van der Waals surface area contributed by atoms with Crippen molar-refractivity contribution in [2.24, 2.45) is 5.92 Å². The van der Waals surface area contributed by atoms with Gasteiger partial charge in [0.1, 0.15) is 0 Å². The molecular formula is C17H26N2O. The highest BCUT2D eigenvalue weighted by Gasteiger charge is 2.19. The molecule has 2 rings (SSSR count). The van der Waals surface area contributed by atoms with Gasteiger partial charge in [0, 0.05) is 25.2 Å². The third kappa shape index (κ3) is 3.99. The smallest absolute Gasteiger partial charge is 0.222 e. The Morgan fingerprint density at radius 3 is 2.85 bits per heavy atom. The monoisotopic (exact) mass is 274 g/mol.